The number of hydrogen-bond acceptors (Lipinski definition) is 2. The molecule has 0 aromatic carbocycles. The molecule has 15 heavy (non-hydrogen) atoms. The number of carbonyl (C=O) groups excluding carboxylic acids is 1. The quantitative estimate of drug-likeness (QED) is 0.661. The molecule has 2 aliphatic rings. The van der Waals surface area contributed by atoms with Crippen LogP contribution in [-0.2, 0) is 9.53 Å². The van der Waals surface area contributed by atoms with Crippen molar-refractivity contribution in [1.29, 1.82) is 0 Å². The lowest BCUT2D eigenvalue weighted by Crippen LogP contribution is -2.21. The van der Waals surface area contributed by atoms with E-state index in [1.165, 1.54) is 11.1 Å². The summed E-state index contributed by atoms with van der Waals surface area (Å²) < 4.78 is 5.13. The third-order valence-electron chi connectivity index (χ3n) is 3.22. The maximum absolute atomic E-state index is 11.9. The molecular weight excluding hydrogens is 188 g/mol. The highest BCUT2D eigenvalue weighted by Crippen LogP contribution is 2.40. The van der Waals surface area contributed by atoms with E-state index in [1.54, 1.807) is 7.11 Å². The Bertz CT molecular complexity index is 361. The minimum atomic E-state index is 0.0971. The van der Waals surface area contributed by atoms with Gasteiger partial charge in [0, 0.05) is 5.92 Å². The van der Waals surface area contributed by atoms with E-state index in [0.29, 0.717) is 5.76 Å². The fourth-order valence-electron chi connectivity index (χ4n) is 2.52. The van der Waals surface area contributed by atoms with Crippen molar-refractivity contribution in [3.8, 4) is 0 Å². The molecular formula is C13H16O2. The van der Waals surface area contributed by atoms with Crippen LogP contribution in [0.15, 0.2) is 35.6 Å². The highest BCUT2D eigenvalue weighted by atomic mass is 16.5. The first-order valence-electron chi connectivity index (χ1n) is 5.40. The second-order valence-electron chi connectivity index (χ2n) is 4.07. The number of hydrogen-bond donors (Lipinski definition) is 0. The first-order chi connectivity index (χ1) is 7.27. The van der Waals surface area contributed by atoms with Crippen molar-refractivity contribution in [2.75, 3.05) is 7.11 Å². The number of ether oxygens (including phenoxy) is 1. The van der Waals surface area contributed by atoms with Crippen LogP contribution < -0.4 is 0 Å². The Labute approximate surface area is 90.3 Å². The number of carbonyl (C=O) groups is 1. The molecule has 1 saturated carbocycles. The van der Waals surface area contributed by atoms with E-state index in [0.717, 1.165) is 25.7 Å². The topological polar surface area (TPSA) is 26.3 Å². The standard InChI is InChI=1S/C13H16O2/c1-3-5-9-8-12(15-2)13(14)11-7-4-6-10(9)11/h3,8,11H,1,4-7H2,2H3. The molecule has 0 aromatic heterocycles. The van der Waals surface area contributed by atoms with Crippen LogP contribution in [0.5, 0.6) is 0 Å². The van der Waals surface area contributed by atoms with Gasteiger partial charge in [-0.25, -0.2) is 0 Å². The summed E-state index contributed by atoms with van der Waals surface area (Å²) in [7, 11) is 1.56. The van der Waals surface area contributed by atoms with Gasteiger partial charge in [-0.3, -0.25) is 4.79 Å². The van der Waals surface area contributed by atoms with Gasteiger partial charge in [0.15, 0.2) is 5.76 Å². The van der Waals surface area contributed by atoms with E-state index in [1.807, 2.05) is 12.2 Å². The van der Waals surface area contributed by atoms with Crippen molar-refractivity contribution in [3.05, 3.63) is 35.6 Å². The van der Waals surface area contributed by atoms with Crippen molar-refractivity contribution >= 4 is 5.78 Å². The van der Waals surface area contributed by atoms with Gasteiger partial charge in [-0.2, -0.15) is 0 Å². The number of rotatable bonds is 3. The van der Waals surface area contributed by atoms with Crippen molar-refractivity contribution in [1.82, 2.24) is 0 Å². The highest BCUT2D eigenvalue weighted by Gasteiger charge is 2.34. The SMILES string of the molecule is C=CCC1=C2CCCC2C(=O)C(OC)=C1. The number of fused-ring (bicyclic) bond motifs is 1. The van der Waals surface area contributed by atoms with Crippen LogP contribution >= 0.6 is 0 Å². The monoisotopic (exact) mass is 204 g/mol. The normalized spacial score (nSPS) is 25.0. The van der Waals surface area contributed by atoms with Gasteiger partial charge < -0.3 is 4.74 Å². The van der Waals surface area contributed by atoms with Gasteiger partial charge in [-0.05, 0) is 37.3 Å². The van der Waals surface area contributed by atoms with Crippen LogP contribution in [0.2, 0.25) is 0 Å². The number of methoxy groups -OCH3 is 1. The van der Waals surface area contributed by atoms with Crippen LogP contribution in [-0.4, -0.2) is 12.9 Å². The minimum absolute atomic E-state index is 0.0971. The Morgan fingerprint density at radius 2 is 2.47 bits per heavy atom. The van der Waals surface area contributed by atoms with E-state index in [4.69, 9.17) is 4.74 Å². The fourth-order valence-corrected chi connectivity index (χ4v) is 2.52. The molecule has 1 fully saturated rings. The summed E-state index contributed by atoms with van der Waals surface area (Å²) in [4.78, 5) is 11.9. The zero-order valence-electron chi connectivity index (χ0n) is 9.08. The average molecular weight is 204 g/mol. The zero-order valence-corrected chi connectivity index (χ0v) is 9.08. The third kappa shape index (κ3) is 1.65. The maximum Gasteiger partial charge on any atom is 0.204 e. The van der Waals surface area contributed by atoms with Gasteiger partial charge in [0.25, 0.3) is 0 Å². The van der Waals surface area contributed by atoms with E-state index >= 15 is 0 Å². The molecule has 1 atom stereocenters. The Balaban J connectivity index is 2.39. The fraction of sp³-hybridized carbons (Fsp3) is 0.462. The van der Waals surface area contributed by atoms with Crippen LogP contribution in [0.25, 0.3) is 0 Å². The summed E-state index contributed by atoms with van der Waals surface area (Å²) in [5.74, 6) is 0.778. The molecule has 0 aliphatic heterocycles. The molecule has 2 heteroatoms. The Hall–Kier alpha value is -1.31. The summed E-state index contributed by atoms with van der Waals surface area (Å²) >= 11 is 0. The molecule has 0 N–H and O–H groups in total. The molecule has 0 bridgehead atoms. The van der Waals surface area contributed by atoms with Gasteiger partial charge >= 0.3 is 0 Å². The van der Waals surface area contributed by atoms with Crippen molar-refractivity contribution in [2.24, 2.45) is 5.92 Å². The molecule has 0 spiro atoms. The summed E-state index contributed by atoms with van der Waals surface area (Å²) in [6.07, 6.45) is 7.78. The molecule has 2 aliphatic carbocycles. The second kappa shape index (κ2) is 4.05. The van der Waals surface area contributed by atoms with Gasteiger partial charge in [0.2, 0.25) is 5.78 Å². The lowest BCUT2D eigenvalue weighted by Gasteiger charge is -2.21. The molecule has 2 nitrogen and oxygen atoms in total. The maximum atomic E-state index is 11.9. The molecule has 0 radical (unpaired) electrons. The van der Waals surface area contributed by atoms with Crippen LogP contribution in [0.4, 0.5) is 0 Å². The Morgan fingerprint density at radius 1 is 1.67 bits per heavy atom. The Kier molecular flexibility index (Phi) is 2.76. The van der Waals surface area contributed by atoms with Crippen LogP contribution in [0, 0.1) is 5.92 Å². The smallest absolute Gasteiger partial charge is 0.204 e. The summed E-state index contributed by atoms with van der Waals surface area (Å²) in [6.45, 7) is 3.75. The first kappa shape index (κ1) is 10.2. The predicted octanol–water partition coefficient (Wildman–Crippen LogP) is 2.77. The van der Waals surface area contributed by atoms with E-state index in [2.05, 4.69) is 6.58 Å². The number of allylic oxidation sites excluding steroid dienone is 5. The molecule has 0 amide bonds. The Morgan fingerprint density at radius 3 is 3.13 bits per heavy atom. The van der Waals surface area contributed by atoms with Crippen molar-refractivity contribution < 1.29 is 9.53 Å². The van der Waals surface area contributed by atoms with E-state index < -0.39 is 0 Å². The molecule has 2 rings (SSSR count). The lowest BCUT2D eigenvalue weighted by atomic mass is 9.86. The average Bonchev–Trinajstić information content (AvgIpc) is 2.71. The van der Waals surface area contributed by atoms with Crippen molar-refractivity contribution in [3.63, 3.8) is 0 Å². The third-order valence-corrected chi connectivity index (χ3v) is 3.22. The molecule has 0 heterocycles. The van der Waals surface area contributed by atoms with E-state index in [-0.39, 0.29) is 11.7 Å². The van der Waals surface area contributed by atoms with Gasteiger partial charge in [0.05, 0.1) is 7.11 Å². The second-order valence-corrected chi connectivity index (χ2v) is 4.07. The molecule has 0 aromatic rings. The van der Waals surface area contributed by atoms with Crippen LogP contribution in [0.1, 0.15) is 25.7 Å². The zero-order chi connectivity index (χ0) is 10.8. The minimum Gasteiger partial charge on any atom is -0.493 e. The van der Waals surface area contributed by atoms with Crippen molar-refractivity contribution in [2.45, 2.75) is 25.7 Å². The van der Waals surface area contributed by atoms with Gasteiger partial charge in [0.1, 0.15) is 0 Å². The summed E-state index contributed by atoms with van der Waals surface area (Å²) in [6, 6.07) is 0. The summed E-state index contributed by atoms with van der Waals surface area (Å²) in [5, 5.41) is 0. The molecule has 0 saturated heterocycles. The van der Waals surface area contributed by atoms with Gasteiger partial charge in [-0.15, -0.1) is 6.58 Å². The predicted molar refractivity (Wildman–Crippen MR) is 59.3 cm³/mol. The first-order valence-corrected chi connectivity index (χ1v) is 5.40. The highest BCUT2D eigenvalue weighted by molar-refractivity contribution is 5.99. The largest absolute Gasteiger partial charge is 0.493 e. The van der Waals surface area contributed by atoms with E-state index in [9.17, 15) is 4.79 Å². The van der Waals surface area contributed by atoms with Gasteiger partial charge in [-0.1, -0.05) is 11.6 Å². The molecule has 1 unspecified atom stereocenters. The molecule has 80 valence electrons. The number of ketones is 1. The number of Topliss-reactive ketones (excluding diaryl/α,β-unsaturated/α-hetero) is 1. The van der Waals surface area contributed by atoms with Crippen LogP contribution in [0.3, 0.4) is 0 Å². The lowest BCUT2D eigenvalue weighted by molar-refractivity contribution is -0.121. The summed E-state index contributed by atoms with van der Waals surface area (Å²) in [5.41, 5.74) is 2.56.